The number of amides is 1. The fraction of sp³-hybridized carbons (Fsp3) is 0.650. The van der Waals surface area contributed by atoms with Crippen LogP contribution < -0.4 is 14.8 Å². The van der Waals surface area contributed by atoms with Crippen molar-refractivity contribution in [3.8, 4) is 11.5 Å². The first-order valence-electron chi connectivity index (χ1n) is 9.04. The molecule has 1 aliphatic rings. The van der Waals surface area contributed by atoms with Gasteiger partial charge in [-0.3, -0.25) is 4.79 Å². The van der Waals surface area contributed by atoms with Gasteiger partial charge in [-0.15, -0.1) is 11.8 Å². The second-order valence-electron chi connectivity index (χ2n) is 7.07. The second-order valence-corrected chi connectivity index (χ2v) is 8.05. The van der Waals surface area contributed by atoms with Gasteiger partial charge in [0.25, 0.3) is 0 Å². The minimum Gasteiger partial charge on any atom is -0.493 e. The Hall–Kier alpha value is -1.36. The van der Waals surface area contributed by atoms with Crippen LogP contribution >= 0.6 is 11.8 Å². The molecule has 1 aromatic rings. The zero-order chi connectivity index (χ0) is 18.4. The third-order valence-corrected chi connectivity index (χ3v) is 6.37. The standard InChI is InChI=1S/C20H31NO3S/c1-13-7-6-8-17(15(13)3)21-20(22)12-25-11-16-10-19(24-5)18(23-4)9-14(16)2/h9-10,13,15,17H,6-8,11-12H2,1-5H3,(H,21,22)/t13-,15-,17-/m0/s1. The van der Waals surface area contributed by atoms with E-state index >= 15 is 0 Å². The van der Waals surface area contributed by atoms with Gasteiger partial charge in [0.2, 0.25) is 5.91 Å². The molecule has 2 rings (SSSR count). The lowest BCUT2D eigenvalue weighted by molar-refractivity contribution is -0.119. The number of carbonyl (C=O) groups excluding carboxylic acids is 1. The zero-order valence-corrected chi connectivity index (χ0v) is 16.9. The van der Waals surface area contributed by atoms with E-state index in [-0.39, 0.29) is 5.91 Å². The van der Waals surface area contributed by atoms with E-state index in [1.807, 2.05) is 12.1 Å². The molecule has 0 spiro atoms. The number of ether oxygens (including phenoxy) is 2. The van der Waals surface area contributed by atoms with E-state index in [2.05, 4.69) is 26.1 Å². The second kappa shape index (κ2) is 9.37. The number of hydrogen-bond acceptors (Lipinski definition) is 4. The molecule has 1 fully saturated rings. The molecule has 0 bridgehead atoms. The van der Waals surface area contributed by atoms with Crippen molar-refractivity contribution in [2.45, 2.75) is 51.8 Å². The molecule has 5 heteroatoms. The average Bonchev–Trinajstić information content (AvgIpc) is 2.60. The van der Waals surface area contributed by atoms with Gasteiger partial charge in [-0.05, 0) is 48.4 Å². The predicted octanol–water partition coefficient (Wildman–Crippen LogP) is 4.19. The molecule has 0 aliphatic heterocycles. The number of aryl methyl sites for hydroxylation is 1. The lowest BCUT2D eigenvalue weighted by Crippen LogP contribution is -2.44. The third kappa shape index (κ3) is 5.30. The summed E-state index contributed by atoms with van der Waals surface area (Å²) in [6.45, 7) is 6.61. The summed E-state index contributed by atoms with van der Waals surface area (Å²) < 4.78 is 10.7. The third-order valence-electron chi connectivity index (χ3n) is 5.39. The molecule has 1 aromatic carbocycles. The largest absolute Gasteiger partial charge is 0.493 e. The van der Waals surface area contributed by atoms with E-state index in [9.17, 15) is 4.79 Å². The van der Waals surface area contributed by atoms with E-state index in [4.69, 9.17) is 9.47 Å². The van der Waals surface area contributed by atoms with Crippen molar-refractivity contribution in [3.63, 3.8) is 0 Å². The summed E-state index contributed by atoms with van der Waals surface area (Å²) in [7, 11) is 3.28. The van der Waals surface area contributed by atoms with Gasteiger partial charge in [0.05, 0.1) is 20.0 Å². The van der Waals surface area contributed by atoms with Crippen LogP contribution in [-0.2, 0) is 10.5 Å². The van der Waals surface area contributed by atoms with Gasteiger partial charge in [-0.2, -0.15) is 0 Å². The van der Waals surface area contributed by atoms with E-state index in [1.165, 1.54) is 18.4 Å². The Labute approximate surface area is 156 Å². The summed E-state index contributed by atoms with van der Waals surface area (Å²) in [6, 6.07) is 4.32. The smallest absolute Gasteiger partial charge is 0.230 e. The summed E-state index contributed by atoms with van der Waals surface area (Å²) in [5.41, 5.74) is 2.33. The van der Waals surface area contributed by atoms with Crippen molar-refractivity contribution in [3.05, 3.63) is 23.3 Å². The van der Waals surface area contributed by atoms with Gasteiger partial charge < -0.3 is 14.8 Å². The minimum atomic E-state index is 0.147. The fourth-order valence-corrected chi connectivity index (χ4v) is 4.37. The molecule has 0 unspecified atom stereocenters. The van der Waals surface area contributed by atoms with Crippen molar-refractivity contribution in [2.24, 2.45) is 11.8 Å². The molecule has 0 heterocycles. The minimum absolute atomic E-state index is 0.147. The van der Waals surface area contributed by atoms with Crippen LogP contribution in [0.3, 0.4) is 0 Å². The van der Waals surface area contributed by atoms with Crippen molar-refractivity contribution < 1.29 is 14.3 Å². The number of rotatable bonds is 7. The Morgan fingerprint density at radius 3 is 2.56 bits per heavy atom. The van der Waals surface area contributed by atoms with Gasteiger partial charge in [-0.25, -0.2) is 0 Å². The Morgan fingerprint density at radius 1 is 1.20 bits per heavy atom. The summed E-state index contributed by atoms with van der Waals surface area (Å²) in [6.07, 6.45) is 3.60. The predicted molar refractivity (Wildman–Crippen MR) is 105 cm³/mol. The van der Waals surface area contributed by atoms with Crippen LogP contribution in [0.25, 0.3) is 0 Å². The zero-order valence-electron chi connectivity index (χ0n) is 16.1. The normalized spacial score (nSPS) is 23.2. The highest BCUT2D eigenvalue weighted by molar-refractivity contribution is 7.99. The number of benzene rings is 1. The van der Waals surface area contributed by atoms with Crippen LogP contribution in [0.15, 0.2) is 12.1 Å². The van der Waals surface area contributed by atoms with Gasteiger partial charge in [0.1, 0.15) is 0 Å². The molecule has 0 aromatic heterocycles. The lowest BCUT2D eigenvalue weighted by Gasteiger charge is -2.34. The number of methoxy groups -OCH3 is 2. The highest BCUT2D eigenvalue weighted by atomic mass is 32.2. The van der Waals surface area contributed by atoms with Crippen LogP contribution in [0.4, 0.5) is 0 Å². The van der Waals surface area contributed by atoms with Crippen molar-refractivity contribution >= 4 is 17.7 Å². The molecule has 3 atom stereocenters. The monoisotopic (exact) mass is 365 g/mol. The van der Waals surface area contributed by atoms with E-state index in [0.29, 0.717) is 23.6 Å². The van der Waals surface area contributed by atoms with Crippen molar-refractivity contribution in [1.29, 1.82) is 0 Å². The quantitative estimate of drug-likeness (QED) is 0.787. The summed E-state index contributed by atoms with van der Waals surface area (Å²) in [4.78, 5) is 12.3. The maximum Gasteiger partial charge on any atom is 0.230 e. The average molecular weight is 366 g/mol. The molecule has 140 valence electrons. The molecule has 25 heavy (non-hydrogen) atoms. The summed E-state index contributed by atoms with van der Waals surface area (Å²) in [5, 5.41) is 3.24. The highest BCUT2D eigenvalue weighted by Crippen LogP contribution is 2.32. The number of thioether (sulfide) groups is 1. The molecule has 0 saturated heterocycles. The maximum absolute atomic E-state index is 12.3. The van der Waals surface area contributed by atoms with E-state index in [0.717, 1.165) is 29.2 Å². The summed E-state index contributed by atoms with van der Waals surface area (Å²) in [5.74, 6) is 4.16. The topological polar surface area (TPSA) is 47.6 Å². The molecule has 1 aliphatic carbocycles. The molecule has 0 radical (unpaired) electrons. The molecule has 4 nitrogen and oxygen atoms in total. The van der Waals surface area contributed by atoms with Gasteiger partial charge in [-0.1, -0.05) is 26.7 Å². The molecular formula is C20H31NO3S. The number of carbonyl (C=O) groups is 1. The van der Waals surface area contributed by atoms with Crippen molar-refractivity contribution in [1.82, 2.24) is 5.32 Å². The van der Waals surface area contributed by atoms with E-state index < -0.39 is 0 Å². The fourth-order valence-electron chi connectivity index (χ4n) is 3.47. The van der Waals surface area contributed by atoms with Crippen molar-refractivity contribution in [2.75, 3.05) is 20.0 Å². The Morgan fingerprint density at radius 2 is 1.88 bits per heavy atom. The number of hydrogen-bond donors (Lipinski definition) is 1. The Bertz CT molecular complexity index is 591. The first-order valence-corrected chi connectivity index (χ1v) is 10.2. The maximum atomic E-state index is 12.3. The lowest BCUT2D eigenvalue weighted by atomic mass is 9.78. The summed E-state index contributed by atoms with van der Waals surface area (Å²) >= 11 is 1.64. The molecule has 1 saturated carbocycles. The Kier molecular flexibility index (Phi) is 7.48. The number of nitrogens with one attached hydrogen (secondary N) is 1. The van der Waals surface area contributed by atoms with Crippen LogP contribution in [0.2, 0.25) is 0 Å². The first-order chi connectivity index (χ1) is 12.0. The van der Waals surface area contributed by atoms with Crippen LogP contribution in [0, 0.1) is 18.8 Å². The Balaban J connectivity index is 1.85. The van der Waals surface area contributed by atoms with E-state index in [1.54, 1.807) is 26.0 Å². The van der Waals surface area contributed by atoms with Crippen LogP contribution in [0.5, 0.6) is 11.5 Å². The van der Waals surface area contributed by atoms with Crippen LogP contribution in [-0.4, -0.2) is 31.9 Å². The van der Waals surface area contributed by atoms with Gasteiger partial charge in [0.15, 0.2) is 11.5 Å². The highest BCUT2D eigenvalue weighted by Gasteiger charge is 2.27. The molecule has 1 amide bonds. The van der Waals surface area contributed by atoms with Gasteiger partial charge in [0, 0.05) is 11.8 Å². The molecule has 1 N–H and O–H groups in total. The molecular weight excluding hydrogens is 334 g/mol. The van der Waals surface area contributed by atoms with Crippen LogP contribution in [0.1, 0.15) is 44.2 Å². The van der Waals surface area contributed by atoms with Gasteiger partial charge >= 0.3 is 0 Å². The SMILES string of the molecule is COc1cc(C)c(CSCC(=O)N[C@H]2CCC[C@H](C)[C@@H]2C)cc1OC. The first kappa shape index (κ1) is 20.0.